The van der Waals surface area contributed by atoms with Crippen LogP contribution in [0.5, 0.6) is 0 Å². The van der Waals surface area contributed by atoms with Crippen LogP contribution in [0, 0.1) is 11.7 Å². The molecule has 0 spiro atoms. The van der Waals surface area contributed by atoms with E-state index in [2.05, 4.69) is 9.71 Å². The molecule has 18 heavy (non-hydrogen) atoms. The number of rotatable bonds is 7. The maximum atomic E-state index is 13.3. The van der Waals surface area contributed by atoms with Gasteiger partial charge in [0, 0.05) is 19.3 Å². The highest BCUT2D eigenvalue weighted by atomic mass is 32.2. The molecule has 0 unspecified atom stereocenters. The lowest BCUT2D eigenvalue weighted by Gasteiger charge is -2.08. The summed E-state index contributed by atoms with van der Waals surface area (Å²) in [5.41, 5.74) is 0. The van der Waals surface area contributed by atoms with Crippen LogP contribution < -0.4 is 4.72 Å². The van der Waals surface area contributed by atoms with Gasteiger partial charge >= 0.3 is 0 Å². The molecule has 1 N–H and O–H groups in total. The van der Waals surface area contributed by atoms with Crippen LogP contribution in [-0.2, 0) is 14.8 Å². The Labute approximate surface area is 106 Å². The van der Waals surface area contributed by atoms with Gasteiger partial charge in [0.15, 0.2) is 5.82 Å². The Bertz CT molecular complexity index is 477. The standard InChI is InChI=1S/C11H17FN2O3S/c1-9(2)8-17-7-6-14-18(15,16)11-10(12)4-3-5-13-11/h3-5,9,14H,6-8H2,1-2H3. The molecule has 0 saturated heterocycles. The van der Waals surface area contributed by atoms with Gasteiger partial charge in [-0.2, -0.15) is 0 Å². The number of halogens is 1. The van der Waals surface area contributed by atoms with E-state index >= 15 is 0 Å². The molecule has 0 saturated carbocycles. The van der Waals surface area contributed by atoms with Gasteiger partial charge in [0.05, 0.1) is 6.61 Å². The maximum absolute atomic E-state index is 13.3. The number of ether oxygens (including phenoxy) is 1. The molecule has 1 rings (SSSR count). The average molecular weight is 276 g/mol. The van der Waals surface area contributed by atoms with Crippen LogP contribution in [0.15, 0.2) is 23.4 Å². The van der Waals surface area contributed by atoms with Crippen molar-refractivity contribution in [2.24, 2.45) is 5.92 Å². The van der Waals surface area contributed by atoms with Crippen LogP contribution in [-0.4, -0.2) is 33.2 Å². The minimum Gasteiger partial charge on any atom is -0.380 e. The van der Waals surface area contributed by atoms with Gasteiger partial charge in [0.2, 0.25) is 5.03 Å². The fourth-order valence-corrected chi connectivity index (χ4v) is 2.22. The predicted octanol–water partition coefficient (Wildman–Crippen LogP) is 1.17. The summed E-state index contributed by atoms with van der Waals surface area (Å²) in [6.45, 7) is 4.87. The van der Waals surface area contributed by atoms with E-state index in [9.17, 15) is 12.8 Å². The minimum atomic E-state index is -3.91. The van der Waals surface area contributed by atoms with E-state index in [4.69, 9.17) is 4.74 Å². The molecule has 0 aromatic carbocycles. The van der Waals surface area contributed by atoms with Gasteiger partial charge in [0.25, 0.3) is 10.0 Å². The van der Waals surface area contributed by atoms with Crippen molar-refractivity contribution < 1.29 is 17.5 Å². The molecule has 0 aliphatic heterocycles. The van der Waals surface area contributed by atoms with E-state index in [0.29, 0.717) is 12.5 Å². The second-order valence-corrected chi connectivity index (χ2v) is 5.84. The molecule has 0 aliphatic carbocycles. The third kappa shape index (κ3) is 4.67. The molecule has 7 heteroatoms. The van der Waals surface area contributed by atoms with Crippen molar-refractivity contribution in [3.63, 3.8) is 0 Å². The Morgan fingerprint density at radius 2 is 2.22 bits per heavy atom. The number of pyridine rings is 1. The minimum absolute atomic E-state index is 0.0884. The third-order valence-corrected chi connectivity index (χ3v) is 3.36. The molecule has 0 radical (unpaired) electrons. The number of hydrogen-bond acceptors (Lipinski definition) is 4. The molecule has 0 aliphatic rings. The molecule has 5 nitrogen and oxygen atoms in total. The quantitative estimate of drug-likeness (QED) is 0.759. The Morgan fingerprint density at radius 3 is 2.83 bits per heavy atom. The number of hydrogen-bond donors (Lipinski definition) is 1. The van der Waals surface area contributed by atoms with E-state index in [1.54, 1.807) is 0 Å². The van der Waals surface area contributed by atoms with Gasteiger partial charge in [-0.3, -0.25) is 0 Å². The Morgan fingerprint density at radius 1 is 1.50 bits per heavy atom. The highest BCUT2D eigenvalue weighted by Gasteiger charge is 2.19. The molecule has 0 bridgehead atoms. The molecule has 102 valence electrons. The fraction of sp³-hybridized carbons (Fsp3) is 0.545. The predicted molar refractivity (Wildman–Crippen MR) is 65.0 cm³/mol. The van der Waals surface area contributed by atoms with Crippen molar-refractivity contribution >= 4 is 10.0 Å². The van der Waals surface area contributed by atoms with Crippen LogP contribution >= 0.6 is 0 Å². The van der Waals surface area contributed by atoms with Gasteiger partial charge in [-0.05, 0) is 18.1 Å². The number of nitrogens with zero attached hydrogens (tertiary/aromatic N) is 1. The van der Waals surface area contributed by atoms with Crippen LogP contribution in [0.25, 0.3) is 0 Å². The summed E-state index contributed by atoms with van der Waals surface area (Å²) in [6.07, 6.45) is 1.23. The molecule has 1 aromatic rings. The number of sulfonamides is 1. The smallest absolute Gasteiger partial charge is 0.261 e. The second-order valence-electron chi connectivity index (χ2n) is 4.16. The summed E-state index contributed by atoms with van der Waals surface area (Å²) >= 11 is 0. The normalized spacial score (nSPS) is 12.0. The summed E-state index contributed by atoms with van der Waals surface area (Å²) in [4.78, 5) is 3.51. The molecule has 0 fully saturated rings. The van der Waals surface area contributed by atoms with E-state index in [0.717, 1.165) is 6.07 Å². The Hall–Kier alpha value is -1.05. The van der Waals surface area contributed by atoms with E-state index in [1.165, 1.54) is 12.3 Å². The SMILES string of the molecule is CC(C)COCCNS(=O)(=O)c1ncccc1F. The van der Waals surface area contributed by atoms with E-state index in [-0.39, 0.29) is 13.2 Å². The largest absolute Gasteiger partial charge is 0.380 e. The van der Waals surface area contributed by atoms with Crippen LogP contribution in [0.4, 0.5) is 4.39 Å². The monoisotopic (exact) mass is 276 g/mol. The first kappa shape index (κ1) is 15.0. The second kappa shape index (κ2) is 6.77. The Kier molecular flexibility index (Phi) is 5.64. The van der Waals surface area contributed by atoms with Crippen LogP contribution in [0.3, 0.4) is 0 Å². The van der Waals surface area contributed by atoms with Gasteiger partial charge in [-0.15, -0.1) is 0 Å². The van der Waals surface area contributed by atoms with Gasteiger partial charge < -0.3 is 4.74 Å². The lowest BCUT2D eigenvalue weighted by molar-refractivity contribution is 0.114. The highest BCUT2D eigenvalue weighted by Crippen LogP contribution is 2.09. The first-order valence-corrected chi connectivity index (χ1v) is 7.09. The van der Waals surface area contributed by atoms with E-state index < -0.39 is 20.9 Å². The van der Waals surface area contributed by atoms with Crippen LogP contribution in [0.2, 0.25) is 0 Å². The highest BCUT2D eigenvalue weighted by molar-refractivity contribution is 7.89. The zero-order valence-electron chi connectivity index (χ0n) is 10.4. The van der Waals surface area contributed by atoms with Crippen molar-refractivity contribution in [3.8, 4) is 0 Å². The van der Waals surface area contributed by atoms with Crippen molar-refractivity contribution in [1.82, 2.24) is 9.71 Å². The zero-order valence-corrected chi connectivity index (χ0v) is 11.2. The topological polar surface area (TPSA) is 68.3 Å². The first-order chi connectivity index (χ1) is 8.43. The number of aromatic nitrogens is 1. The van der Waals surface area contributed by atoms with Gasteiger partial charge in [-0.1, -0.05) is 13.8 Å². The first-order valence-electron chi connectivity index (χ1n) is 5.61. The van der Waals surface area contributed by atoms with Gasteiger partial charge in [-0.25, -0.2) is 22.5 Å². The van der Waals surface area contributed by atoms with Crippen molar-refractivity contribution in [2.75, 3.05) is 19.8 Å². The Balaban J connectivity index is 2.49. The molecular weight excluding hydrogens is 259 g/mol. The molecule has 0 amide bonds. The average Bonchev–Trinajstić information content (AvgIpc) is 2.28. The zero-order chi connectivity index (χ0) is 13.6. The lowest BCUT2D eigenvalue weighted by Crippen LogP contribution is -2.29. The van der Waals surface area contributed by atoms with Crippen molar-refractivity contribution in [3.05, 3.63) is 24.1 Å². The van der Waals surface area contributed by atoms with Crippen molar-refractivity contribution in [1.29, 1.82) is 0 Å². The molecule has 1 heterocycles. The summed E-state index contributed by atoms with van der Waals surface area (Å²) < 4.78 is 44.1. The molecule has 1 aromatic heterocycles. The van der Waals surface area contributed by atoms with E-state index in [1.807, 2.05) is 13.8 Å². The lowest BCUT2D eigenvalue weighted by atomic mass is 10.2. The summed E-state index contributed by atoms with van der Waals surface area (Å²) in [7, 11) is -3.91. The number of nitrogens with one attached hydrogen (secondary N) is 1. The summed E-state index contributed by atoms with van der Waals surface area (Å²) in [5, 5.41) is -0.589. The summed E-state index contributed by atoms with van der Waals surface area (Å²) in [6, 6.07) is 2.39. The van der Waals surface area contributed by atoms with Crippen LogP contribution in [0.1, 0.15) is 13.8 Å². The van der Waals surface area contributed by atoms with Crippen molar-refractivity contribution in [2.45, 2.75) is 18.9 Å². The third-order valence-electron chi connectivity index (χ3n) is 1.97. The van der Waals surface area contributed by atoms with Gasteiger partial charge in [0.1, 0.15) is 0 Å². The molecular formula is C11H17FN2O3S. The fourth-order valence-electron chi connectivity index (χ4n) is 1.20. The summed E-state index contributed by atoms with van der Waals surface area (Å²) in [5.74, 6) is -0.483. The maximum Gasteiger partial charge on any atom is 0.261 e. The molecule has 0 atom stereocenters.